The van der Waals surface area contributed by atoms with E-state index >= 15 is 0 Å². The number of H-pyrrole nitrogens is 1. The molecule has 0 aliphatic carbocycles. The minimum atomic E-state index is -0.797. The highest BCUT2D eigenvalue weighted by atomic mass is 35.5. The van der Waals surface area contributed by atoms with Gasteiger partial charge >= 0.3 is 5.69 Å². The number of halogens is 2. The van der Waals surface area contributed by atoms with Gasteiger partial charge in [-0.1, -0.05) is 23.2 Å². The van der Waals surface area contributed by atoms with Gasteiger partial charge in [0.1, 0.15) is 10.2 Å². The number of benzene rings is 1. The summed E-state index contributed by atoms with van der Waals surface area (Å²) in [6.45, 7) is 0. The molecule has 0 saturated carbocycles. The average molecular weight is 302 g/mol. The summed E-state index contributed by atoms with van der Waals surface area (Å²) in [4.78, 5) is 35.6. The highest BCUT2D eigenvalue weighted by molar-refractivity contribution is 6.32. The van der Waals surface area contributed by atoms with E-state index in [2.05, 4.69) is 4.98 Å². The molecule has 1 N–H and O–H groups in total. The van der Waals surface area contributed by atoms with Crippen LogP contribution in [0, 0.1) is 10.1 Å². The molecule has 2 aromatic rings. The van der Waals surface area contributed by atoms with E-state index in [1.54, 1.807) is 0 Å². The number of aromatic nitrogens is 2. The molecule has 98 valence electrons. The van der Waals surface area contributed by atoms with E-state index in [0.717, 1.165) is 16.7 Å². The standard InChI is InChI=1S/C10H5Cl2N3O4/c11-6-2-1-5(3-7(6)15(18)19)14-9(16)4-8(12)13-10(14)17/h1-4H,(H,13,17). The summed E-state index contributed by atoms with van der Waals surface area (Å²) in [6, 6.07) is 4.58. The van der Waals surface area contributed by atoms with E-state index in [-0.39, 0.29) is 15.9 Å². The van der Waals surface area contributed by atoms with Crippen molar-refractivity contribution in [2.24, 2.45) is 0 Å². The first-order valence-corrected chi connectivity index (χ1v) is 5.62. The van der Waals surface area contributed by atoms with E-state index in [1.807, 2.05) is 0 Å². The number of aromatic amines is 1. The van der Waals surface area contributed by atoms with E-state index < -0.39 is 21.9 Å². The minimum Gasteiger partial charge on any atom is -0.297 e. The Balaban J connectivity index is 2.74. The molecule has 0 radical (unpaired) electrons. The van der Waals surface area contributed by atoms with Crippen LogP contribution in [0.1, 0.15) is 0 Å². The first kappa shape index (κ1) is 13.3. The summed E-state index contributed by atoms with van der Waals surface area (Å²) < 4.78 is 0.717. The molecule has 1 aromatic heterocycles. The molecule has 2 rings (SSSR count). The number of nitro groups is 1. The summed E-state index contributed by atoms with van der Waals surface area (Å²) in [6.07, 6.45) is 0. The fourth-order valence-corrected chi connectivity index (χ4v) is 1.85. The third-order valence-corrected chi connectivity index (χ3v) is 2.81. The molecule has 1 aromatic carbocycles. The number of hydrogen-bond donors (Lipinski definition) is 1. The second-order valence-electron chi connectivity index (χ2n) is 3.49. The SMILES string of the molecule is O=c1cc(Cl)[nH]c(=O)n1-c1ccc(Cl)c([N+](=O)[O-])c1. The van der Waals surface area contributed by atoms with Crippen LogP contribution in [0.2, 0.25) is 10.2 Å². The Hall–Kier alpha value is -2.12. The van der Waals surface area contributed by atoms with Gasteiger partial charge in [0.2, 0.25) is 0 Å². The van der Waals surface area contributed by atoms with Crippen molar-refractivity contribution in [1.82, 2.24) is 9.55 Å². The summed E-state index contributed by atoms with van der Waals surface area (Å²) in [7, 11) is 0. The van der Waals surface area contributed by atoms with Gasteiger partial charge < -0.3 is 0 Å². The molecule has 0 unspecified atom stereocenters. The number of nitro benzene ring substituents is 1. The highest BCUT2D eigenvalue weighted by Gasteiger charge is 2.15. The maximum absolute atomic E-state index is 11.7. The Morgan fingerprint density at radius 2 is 1.89 bits per heavy atom. The summed E-state index contributed by atoms with van der Waals surface area (Å²) in [5.41, 5.74) is -1.88. The molecule has 0 amide bonds. The zero-order chi connectivity index (χ0) is 14.2. The molecule has 1 heterocycles. The molecule has 0 saturated heterocycles. The van der Waals surface area contributed by atoms with Crippen molar-refractivity contribution >= 4 is 28.9 Å². The molecule has 0 aliphatic rings. The predicted molar refractivity (Wildman–Crippen MR) is 69.3 cm³/mol. The van der Waals surface area contributed by atoms with Crippen molar-refractivity contribution in [3.8, 4) is 5.69 Å². The molecule has 19 heavy (non-hydrogen) atoms. The van der Waals surface area contributed by atoms with Crippen molar-refractivity contribution in [2.75, 3.05) is 0 Å². The monoisotopic (exact) mass is 301 g/mol. The number of nitrogens with zero attached hydrogens (tertiary/aromatic N) is 2. The van der Waals surface area contributed by atoms with Crippen LogP contribution in [0.15, 0.2) is 33.9 Å². The topological polar surface area (TPSA) is 98.0 Å². The van der Waals surface area contributed by atoms with Crippen molar-refractivity contribution in [1.29, 1.82) is 0 Å². The molecule has 0 fully saturated rings. The minimum absolute atomic E-state index is 0.0269. The zero-order valence-corrected chi connectivity index (χ0v) is 10.6. The lowest BCUT2D eigenvalue weighted by Crippen LogP contribution is -2.32. The Bertz CT molecular complexity index is 750. The normalized spacial score (nSPS) is 10.4. The maximum Gasteiger partial charge on any atom is 0.334 e. The Morgan fingerprint density at radius 1 is 1.21 bits per heavy atom. The van der Waals surface area contributed by atoms with Crippen molar-refractivity contribution in [3.63, 3.8) is 0 Å². The van der Waals surface area contributed by atoms with E-state index in [0.29, 0.717) is 0 Å². The van der Waals surface area contributed by atoms with Crippen LogP contribution >= 0.6 is 23.2 Å². The third-order valence-electron chi connectivity index (χ3n) is 2.28. The second kappa shape index (κ2) is 4.87. The fraction of sp³-hybridized carbons (Fsp3) is 0. The second-order valence-corrected chi connectivity index (χ2v) is 4.30. The number of nitrogens with one attached hydrogen (secondary N) is 1. The van der Waals surface area contributed by atoms with Gasteiger partial charge in [0, 0.05) is 12.1 Å². The van der Waals surface area contributed by atoms with Crippen LogP contribution in [0.5, 0.6) is 0 Å². The first-order chi connectivity index (χ1) is 8.90. The van der Waals surface area contributed by atoms with Gasteiger partial charge in [0.15, 0.2) is 0 Å². The molecule has 0 bridgehead atoms. The van der Waals surface area contributed by atoms with E-state index in [4.69, 9.17) is 23.2 Å². The largest absolute Gasteiger partial charge is 0.334 e. The lowest BCUT2D eigenvalue weighted by Gasteiger charge is -2.04. The summed E-state index contributed by atoms with van der Waals surface area (Å²) in [5, 5.41) is 10.5. The Labute approximate surface area is 115 Å². The summed E-state index contributed by atoms with van der Waals surface area (Å²) in [5.74, 6) is 0. The molecule has 0 atom stereocenters. The number of hydrogen-bond acceptors (Lipinski definition) is 4. The van der Waals surface area contributed by atoms with Crippen LogP contribution in [0.25, 0.3) is 5.69 Å². The molecule has 9 heteroatoms. The zero-order valence-electron chi connectivity index (χ0n) is 9.09. The Morgan fingerprint density at radius 3 is 2.47 bits per heavy atom. The Kier molecular flexibility index (Phi) is 3.41. The van der Waals surface area contributed by atoms with Gasteiger partial charge in [-0.3, -0.25) is 19.9 Å². The molecule has 0 aliphatic heterocycles. The lowest BCUT2D eigenvalue weighted by molar-refractivity contribution is -0.384. The molecule has 7 nitrogen and oxygen atoms in total. The third kappa shape index (κ3) is 2.51. The van der Waals surface area contributed by atoms with Crippen LogP contribution in [0.4, 0.5) is 5.69 Å². The first-order valence-electron chi connectivity index (χ1n) is 4.86. The van der Waals surface area contributed by atoms with Crippen LogP contribution in [-0.2, 0) is 0 Å². The predicted octanol–water partition coefficient (Wildman–Crippen LogP) is 1.74. The van der Waals surface area contributed by atoms with Crippen molar-refractivity contribution < 1.29 is 4.92 Å². The maximum atomic E-state index is 11.7. The lowest BCUT2D eigenvalue weighted by atomic mass is 10.2. The molecular formula is C10H5Cl2N3O4. The van der Waals surface area contributed by atoms with E-state index in [9.17, 15) is 19.7 Å². The van der Waals surface area contributed by atoms with Crippen LogP contribution in [-0.4, -0.2) is 14.5 Å². The quantitative estimate of drug-likeness (QED) is 0.519. The van der Waals surface area contributed by atoms with Crippen molar-refractivity contribution in [3.05, 3.63) is 65.4 Å². The average Bonchev–Trinajstić information content (AvgIpc) is 2.29. The van der Waals surface area contributed by atoms with Gasteiger partial charge in [-0.2, -0.15) is 0 Å². The molecular weight excluding hydrogens is 297 g/mol. The van der Waals surface area contributed by atoms with Gasteiger partial charge in [0.25, 0.3) is 11.2 Å². The van der Waals surface area contributed by atoms with Crippen LogP contribution in [0.3, 0.4) is 0 Å². The van der Waals surface area contributed by atoms with E-state index in [1.165, 1.54) is 12.1 Å². The highest BCUT2D eigenvalue weighted by Crippen LogP contribution is 2.25. The summed E-state index contributed by atoms with van der Waals surface area (Å²) >= 11 is 11.2. The fourth-order valence-electron chi connectivity index (χ4n) is 1.49. The van der Waals surface area contributed by atoms with Gasteiger partial charge in [-0.05, 0) is 12.1 Å². The number of rotatable bonds is 2. The molecule has 0 spiro atoms. The van der Waals surface area contributed by atoms with Crippen molar-refractivity contribution in [2.45, 2.75) is 0 Å². The smallest absolute Gasteiger partial charge is 0.297 e. The van der Waals surface area contributed by atoms with Gasteiger partial charge in [-0.25, -0.2) is 9.36 Å². The van der Waals surface area contributed by atoms with Gasteiger partial charge in [0.05, 0.1) is 10.6 Å². The van der Waals surface area contributed by atoms with Crippen LogP contribution < -0.4 is 11.2 Å². The van der Waals surface area contributed by atoms with Gasteiger partial charge in [-0.15, -0.1) is 0 Å².